The van der Waals surface area contributed by atoms with Gasteiger partial charge in [-0.2, -0.15) is 0 Å². The zero-order valence-electron chi connectivity index (χ0n) is 10.2. The van der Waals surface area contributed by atoms with E-state index in [2.05, 4.69) is 27.9 Å². The van der Waals surface area contributed by atoms with Crippen molar-refractivity contribution in [2.24, 2.45) is 0 Å². The van der Waals surface area contributed by atoms with Gasteiger partial charge in [0.1, 0.15) is 0 Å². The Morgan fingerprint density at radius 1 is 1.16 bits per heavy atom. The molecule has 98 valence electrons. The third-order valence-corrected chi connectivity index (χ3v) is 3.45. The lowest BCUT2D eigenvalue weighted by Crippen LogP contribution is -2.30. The van der Waals surface area contributed by atoms with Gasteiger partial charge in [-0.05, 0) is 46.4 Å². The Bertz CT molecular complexity index is 557. The fourth-order valence-corrected chi connectivity index (χ4v) is 2.33. The Balaban J connectivity index is 2.13. The normalized spacial score (nSPS) is 11.9. The van der Waals surface area contributed by atoms with Gasteiger partial charge >= 0.3 is 0 Å². The first-order valence-electron chi connectivity index (χ1n) is 5.93. The van der Waals surface area contributed by atoms with E-state index in [0.717, 1.165) is 9.13 Å². The number of carbonyl (C=O) groups excluding carboxylic acids is 1. The first kappa shape index (κ1) is 14.0. The van der Waals surface area contributed by atoms with Crippen LogP contribution in [0.4, 0.5) is 0 Å². The van der Waals surface area contributed by atoms with Crippen molar-refractivity contribution in [2.75, 3.05) is 6.61 Å². The third kappa shape index (κ3) is 3.78. The predicted molar refractivity (Wildman–Crippen MR) is 82.9 cm³/mol. The van der Waals surface area contributed by atoms with Gasteiger partial charge in [-0.1, -0.05) is 36.4 Å². The quantitative estimate of drug-likeness (QED) is 0.817. The summed E-state index contributed by atoms with van der Waals surface area (Å²) in [6.07, 6.45) is 0. The summed E-state index contributed by atoms with van der Waals surface area (Å²) in [7, 11) is 0. The van der Waals surface area contributed by atoms with E-state index in [4.69, 9.17) is 0 Å². The highest BCUT2D eigenvalue weighted by molar-refractivity contribution is 14.1. The molecule has 0 aliphatic carbocycles. The van der Waals surface area contributed by atoms with Crippen molar-refractivity contribution in [3.63, 3.8) is 0 Å². The lowest BCUT2D eigenvalue weighted by molar-refractivity contribution is 0.0916. The van der Waals surface area contributed by atoms with Crippen LogP contribution in [0, 0.1) is 3.57 Å². The third-order valence-electron chi connectivity index (χ3n) is 2.78. The number of hydrogen-bond donors (Lipinski definition) is 2. The number of halogens is 1. The van der Waals surface area contributed by atoms with E-state index >= 15 is 0 Å². The molecule has 0 fully saturated rings. The van der Waals surface area contributed by atoms with Crippen molar-refractivity contribution in [1.29, 1.82) is 0 Å². The molecule has 0 saturated heterocycles. The van der Waals surface area contributed by atoms with Crippen LogP contribution in [0.2, 0.25) is 0 Å². The average Bonchev–Trinajstić information content (AvgIpc) is 2.45. The van der Waals surface area contributed by atoms with Gasteiger partial charge in [0.15, 0.2) is 0 Å². The molecule has 19 heavy (non-hydrogen) atoms. The molecule has 0 radical (unpaired) electrons. The summed E-state index contributed by atoms with van der Waals surface area (Å²) in [5.74, 6) is -0.179. The highest BCUT2D eigenvalue weighted by Crippen LogP contribution is 2.14. The van der Waals surface area contributed by atoms with Gasteiger partial charge in [0, 0.05) is 9.13 Å². The van der Waals surface area contributed by atoms with Crippen LogP contribution in [0.15, 0.2) is 54.6 Å². The second-order valence-corrected chi connectivity index (χ2v) is 5.38. The zero-order chi connectivity index (χ0) is 13.7. The summed E-state index contributed by atoms with van der Waals surface area (Å²) >= 11 is 2.16. The van der Waals surface area contributed by atoms with Crippen LogP contribution in [-0.2, 0) is 0 Å². The number of carbonyl (C=O) groups is 1. The minimum absolute atomic E-state index is 0.125. The van der Waals surface area contributed by atoms with Crippen LogP contribution in [-0.4, -0.2) is 17.6 Å². The maximum atomic E-state index is 12.1. The largest absolute Gasteiger partial charge is 0.394 e. The summed E-state index contributed by atoms with van der Waals surface area (Å²) in [6, 6.07) is 16.4. The molecule has 2 N–H and O–H groups in total. The van der Waals surface area contributed by atoms with E-state index in [9.17, 15) is 9.90 Å². The Morgan fingerprint density at radius 2 is 1.89 bits per heavy atom. The highest BCUT2D eigenvalue weighted by atomic mass is 127. The van der Waals surface area contributed by atoms with Gasteiger partial charge < -0.3 is 10.4 Å². The number of aliphatic hydroxyl groups excluding tert-OH is 1. The molecular weight excluding hydrogens is 353 g/mol. The Labute approximate surface area is 125 Å². The van der Waals surface area contributed by atoms with Gasteiger partial charge in [0.2, 0.25) is 0 Å². The van der Waals surface area contributed by atoms with Crippen molar-refractivity contribution in [2.45, 2.75) is 6.04 Å². The molecule has 2 aromatic rings. The highest BCUT2D eigenvalue weighted by Gasteiger charge is 2.14. The van der Waals surface area contributed by atoms with Gasteiger partial charge in [0.25, 0.3) is 5.91 Å². The van der Waals surface area contributed by atoms with Crippen LogP contribution in [0.5, 0.6) is 0 Å². The van der Waals surface area contributed by atoms with Crippen molar-refractivity contribution < 1.29 is 9.90 Å². The lowest BCUT2D eigenvalue weighted by atomic mass is 10.1. The number of hydrogen-bond acceptors (Lipinski definition) is 2. The molecule has 4 heteroatoms. The molecule has 0 aliphatic heterocycles. The van der Waals surface area contributed by atoms with Crippen LogP contribution < -0.4 is 5.32 Å². The summed E-state index contributed by atoms with van der Waals surface area (Å²) in [4.78, 5) is 12.1. The molecule has 1 amide bonds. The first-order chi connectivity index (χ1) is 9.20. The average molecular weight is 367 g/mol. The van der Waals surface area contributed by atoms with E-state index in [1.54, 1.807) is 6.07 Å². The van der Waals surface area contributed by atoms with Crippen LogP contribution >= 0.6 is 22.6 Å². The van der Waals surface area contributed by atoms with Gasteiger partial charge in [-0.15, -0.1) is 0 Å². The van der Waals surface area contributed by atoms with E-state index in [-0.39, 0.29) is 18.6 Å². The predicted octanol–water partition coefficient (Wildman–Crippen LogP) is 2.75. The molecule has 1 unspecified atom stereocenters. The summed E-state index contributed by atoms with van der Waals surface area (Å²) in [6.45, 7) is -0.125. The molecule has 2 aromatic carbocycles. The second-order valence-electron chi connectivity index (χ2n) is 4.13. The molecule has 0 aliphatic rings. The van der Waals surface area contributed by atoms with Crippen molar-refractivity contribution in [3.8, 4) is 0 Å². The number of amides is 1. The van der Waals surface area contributed by atoms with Gasteiger partial charge in [-0.3, -0.25) is 4.79 Å². The zero-order valence-corrected chi connectivity index (χ0v) is 12.4. The molecule has 1 atom stereocenters. The van der Waals surface area contributed by atoms with Crippen LogP contribution in [0.25, 0.3) is 0 Å². The van der Waals surface area contributed by atoms with Gasteiger partial charge in [0.05, 0.1) is 12.6 Å². The summed E-state index contributed by atoms with van der Waals surface area (Å²) in [5.41, 5.74) is 1.49. The minimum atomic E-state index is -0.383. The smallest absolute Gasteiger partial charge is 0.251 e. The molecule has 0 saturated carbocycles. The fraction of sp³-hybridized carbons (Fsp3) is 0.133. The number of benzene rings is 2. The van der Waals surface area contributed by atoms with Crippen molar-refractivity contribution >= 4 is 28.5 Å². The van der Waals surface area contributed by atoms with Crippen molar-refractivity contribution in [1.82, 2.24) is 5.32 Å². The maximum absolute atomic E-state index is 12.1. The SMILES string of the molecule is O=C(NC(CO)c1ccccc1)c1cccc(I)c1. The van der Waals surface area contributed by atoms with Crippen molar-refractivity contribution in [3.05, 3.63) is 69.3 Å². The number of aliphatic hydroxyl groups is 1. The Morgan fingerprint density at radius 3 is 2.53 bits per heavy atom. The first-order valence-corrected chi connectivity index (χ1v) is 7.01. The summed E-state index contributed by atoms with van der Waals surface area (Å²) in [5, 5.41) is 12.2. The molecular formula is C15H14INO2. The summed E-state index contributed by atoms with van der Waals surface area (Å²) < 4.78 is 1.01. The Hall–Kier alpha value is -1.40. The molecule has 2 rings (SSSR count). The molecule has 0 heterocycles. The number of rotatable bonds is 4. The van der Waals surface area contributed by atoms with Gasteiger partial charge in [-0.25, -0.2) is 0 Å². The molecule has 0 bridgehead atoms. The molecule has 0 spiro atoms. The monoisotopic (exact) mass is 367 g/mol. The van der Waals surface area contributed by atoms with Crippen LogP contribution in [0.3, 0.4) is 0 Å². The standard InChI is InChI=1S/C15H14INO2/c16-13-8-4-7-12(9-13)15(19)17-14(10-18)11-5-2-1-3-6-11/h1-9,14,18H,10H2,(H,17,19). The maximum Gasteiger partial charge on any atom is 0.251 e. The minimum Gasteiger partial charge on any atom is -0.394 e. The van der Waals surface area contributed by atoms with Crippen LogP contribution in [0.1, 0.15) is 22.0 Å². The topological polar surface area (TPSA) is 49.3 Å². The van der Waals surface area contributed by atoms with E-state index in [0.29, 0.717) is 5.56 Å². The molecule has 0 aromatic heterocycles. The van der Waals surface area contributed by atoms with E-state index in [1.165, 1.54) is 0 Å². The van der Waals surface area contributed by atoms with E-state index < -0.39 is 0 Å². The van der Waals surface area contributed by atoms with E-state index in [1.807, 2.05) is 48.5 Å². The lowest BCUT2D eigenvalue weighted by Gasteiger charge is -2.16. The fourth-order valence-electron chi connectivity index (χ4n) is 1.79. The number of nitrogens with one attached hydrogen (secondary N) is 1. The Kier molecular flexibility index (Phi) is 4.93. The molecule has 3 nitrogen and oxygen atoms in total. The second kappa shape index (κ2) is 6.68.